The average molecular weight is 391 g/mol. The van der Waals surface area contributed by atoms with Gasteiger partial charge in [-0.1, -0.05) is 37.3 Å². The first-order valence-electron chi connectivity index (χ1n) is 9.30. The van der Waals surface area contributed by atoms with Gasteiger partial charge in [0.05, 0.1) is 0 Å². The van der Waals surface area contributed by atoms with Crippen molar-refractivity contribution in [2.45, 2.75) is 19.8 Å². The number of carbonyl (C=O) groups is 3. The van der Waals surface area contributed by atoms with E-state index in [0.29, 0.717) is 23.1 Å². The Hall–Kier alpha value is -3.67. The maximum atomic E-state index is 12.3. The topological polar surface area (TPSA) is 92.7 Å². The number of hydrogen-bond acceptors (Lipinski definition) is 5. The second kappa shape index (κ2) is 9.01. The first-order chi connectivity index (χ1) is 14.0. The van der Waals surface area contributed by atoms with E-state index in [-0.39, 0.29) is 23.0 Å². The molecule has 3 rings (SSSR count). The number of anilines is 1. The molecule has 0 bridgehead atoms. The highest BCUT2D eigenvalue weighted by Crippen LogP contribution is 2.29. The van der Waals surface area contributed by atoms with Gasteiger partial charge in [-0.15, -0.1) is 0 Å². The zero-order valence-electron chi connectivity index (χ0n) is 16.0. The predicted molar refractivity (Wildman–Crippen MR) is 110 cm³/mol. The molecule has 3 aromatic carbocycles. The van der Waals surface area contributed by atoms with Gasteiger partial charge in [0.25, 0.3) is 0 Å². The first kappa shape index (κ1) is 20.1. The summed E-state index contributed by atoms with van der Waals surface area (Å²) in [5.74, 6) is -1.42. The lowest BCUT2D eigenvalue weighted by atomic mass is 10.1. The maximum absolute atomic E-state index is 12.3. The van der Waals surface area contributed by atoms with E-state index in [1.807, 2.05) is 19.1 Å². The van der Waals surface area contributed by atoms with Crippen LogP contribution in [0.3, 0.4) is 0 Å². The van der Waals surface area contributed by atoms with Gasteiger partial charge in [0.15, 0.2) is 12.4 Å². The molecule has 1 amide bonds. The van der Waals surface area contributed by atoms with Crippen LogP contribution in [0.5, 0.6) is 5.75 Å². The minimum atomic E-state index is -0.773. The van der Waals surface area contributed by atoms with Crippen LogP contribution >= 0.6 is 0 Å². The minimum absolute atomic E-state index is 0.00508. The smallest absolute Gasteiger partial charge is 0.342 e. The number of esters is 1. The number of hydrogen-bond donors (Lipinski definition) is 2. The Labute approximate surface area is 168 Å². The van der Waals surface area contributed by atoms with Crippen LogP contribution in [0.2, 0.25) is 0 Å². The fourth-order valence-electron chi connectivity index (χ4n) is 2.90. The molecule has 0 spiro atoms. The van der Waals surface area contributed by atoms with Gasteiger partial charge < -0.3 is 15.2 Å². The van der Waals surface area contributed by atoms with Crippen molar-refractivity contribution in [1.82, 2.24) is 0 Å². The molecule has 0 radical (unpaired) electrons. The third kappa shape index (κ3) is 4.79. The van der Waals surface area contributed by atoms with E-state index in [1.165, 1.54) is 6.07 Å². The summed E-state index contributed by atoms with van der Waals surface area (Å²) < 4.78 is 5.08. The molecule has 0 aromatic heterocycles. The van der Waals surface area contributed by atoms with E-state index in [2.05, 4.69) is 5.32 Å². The van der Waals surface area contributed by atoms with E-state index in [1.54, 1.807) is 42.5 Å². The van der Waals surface area contributed by atoms with Gasteiger partial charge in [-0.05, 0) is 42.1 Å². The summed E-state index contributed by atoms with van der Waals surface area (Å²) in [5.41, 5.74) is 0.956. The summed E-state index contributed by atoms with van der Waals surface area (Å²) in [7, 11) is 0. The first-order valence-corrected chi connectivity index (χ1v) is 9.30. The van der Waals surface area contributed by atoms with E-state index in [9.17, 15) is 19.5 Å². The van der Waals surface area contributed by atoms with Crippen molar-refractivity contribution in [3.63, 3.8) is 0 Å². The fraction of sp³-hybridized carbons (Fsp3) is 0.174. The third-order valence-corrected chi connectivity index (χ3v) is 4.42. The molecule has 0 saturated carbocycles. The Kier molecular flexibility index (Phi) is 6.24. The fourth-order valence-corrected chi connectivity index (χ4v) is 2.90. The molecule has 6 nitrogen and oxygen atoms in total. The van der Waals surface area contributed by atoms with Gasteiger partial charge in [0, 0.05) is 23.1 Å². The van der Waals surface area contributed by atoms with Crippen LogP contribution in [0.25, 0.3) is 10.8 Å². The quantitative estimate of drug-likeness (QED) is 0.462. The number of ketones is 1. The SMILES string of the molecule is CCCC(=O)Nc1ccc(C(=O)COC(=O)c2ccc3ccccc3c2O)cc1. The summed E-state index contributed by atoms with van der Waals surface area (Å²) in [6, 6.07) is 16.7. The van der Waals surface area contributed by atoms with Crippen molar-refractivity contribution in [2.75, 3.05) is 11.9 Å². The lowest BCUT2D eigenvalue weighted by Gasteiger charge is -2.09. The van der Waals surface area contributed by atoms with Gasteiger partial charge in [0.1, 0.15) is 11.3 Å². The molecule has 0 heterocycles. The number of benzene rings is 3. The number of ether oxygens (including phenoxy) is 1. The number of carbonyl (C=O) groups excluding carboxylic acids is 3. The number of rotatable bonds is 7. The highest BCUT2D eigenvalue weighted by molar-refractivity contribution is 6.03. The highest BCUT2D eigenvalue weighted by atomic mass is 16.5. The van der Waals surface area contributed by atoms with E-state index >= 15 is 0 Å². The normalized spacial score (nSPS) is 10.5. The Morgan fingerprint density at radius 3 is 2.41 bits per heavy atom. The van der Waals surface area contributed by atoms with Gasteiger partial charge in [-0.3, -0.25) is 9.59 Å². The Balaban J connectivity index is 1.62. The Morgan fingerprint density at radius 2 is 1.69 bits per heavy atom. The van der Waals surface area contributed by atoms with Gasteiger partial charge in [-0.25, -0.2) is 4.79 Å². The lowest BCUT2D eigenvalue weighted by Crippen LogP contribution is -2.15. The number of phenols is 1. The minimum Gasteiger partial charge on any atom is -0.506 e. The molecule has 148 valence electrons. The number of nitrogens with one attached hydrogen (secondary N) is 1. The lowest BCUT2D eigenvalue weighted by molar-refractivity contribution is -0.116. The zero-order chi connectivity index (χ0) is 20.8. The van der Waals surface area contributed by atoms with Gasteiger partial charge in [-0.2, -0.15) is 0 Å². The third-order valence-electron chi connectivity index (χ3n) is 4.42. The summed E-state index contributed by atoms with van der Waals surface area (Å²) in [4.78, 5) is 36.2. The molecule has 0 unspecified atom stereocenters. The summed E-state index contributed by atoms with van der Waals surface area (Å²) in [6.07, 6.45) is 1.18. The van der Waals surface area contributed by atoms with Crippen molar-refractivity contribution in [3.8, 4) is 5.75 Å². The second-order valence-electron chi connectivity index (χ2n) is 6.56. The predicted octanol–water partition coefficient (Wildman–Crippen LogP) is 4.32. The van der Waals surface area contributed by atoms with Crippen LogP contribution in [0.4, 0.5) is 5.69 Å². The van der Waals surface area contributed by atoms with Crippen molar-refractivity contribution >= 4 is 34.1 Å². The van der Waals surface area contributed by atoms with Gasteiger partial charge >= 0.3 is 5.97 Å². The van der Waals surface area contributed by atoms with E-state index in [4.69, 9.17) is 4.74 Å². The number of fused-ring (bicyclic) bond motifs is 1. The van der Waals surface area contributed by atoms with Crippen LogP contribution in [-0.2, 0) is 9.53 Å². The summed E-state index contributed by atoms with van der Waals surface area (Å²) >= 11 is 0. The van der Waals surface area contributed by atoms with Crippen LogP contribution in [0.1, 0.15) is 40.5 Å². The van der Waals surface area contributed by atoms with Crippen LogP contribution < -0.4 is 5.32 Å². The summed E-state index contributed by atoms with van der Waals surface area (Å²) in [5, 5.41) is 14.4. The molecule has 0 aliphatic carbocycles. The molecule has 0 aliphatic rings. The van der Waals surface area contributed by atoms with Crippen molar-refractivity contribution in [1.29, 1.82) is 0 Å². The Morgan fingerprint density at radius 1 is 0.966 bits per heavy atom. The number of aromatic hydroxyl groups is 1. The molecule has 0 fully saturated rings. The monoisotopic (exact) mass is 391 g/mol. The Bertz CT molecular complexity index is 1060. The van der Waals surface area contributed by atoms with Gasteiger partial charge in [0.2, 0.25) is 5.91 Å². The number of amides is 1. The van der Waals surface area contributed by atoms with Crippen molar-refractivity contribution in [2.24, 2.45) is 0 Å². The zero-order valence-corrected chi connectivity index (χ0v) is 16.0. The molecular formula is C23H21NO5. The standard InChI is InChI=1S/C23H21NO5/c1-2-5-21(26)24-17-11-8-16(9-12-17)20(25)14-29-23(28)19-13-10-15-6-3-4-7-18(15)22(19)27/h3-4,6-13,27H,2,5,14H2,1H3,(H,24,26). The number of phenolic OH excluding ortho intramolecular Hbond substituents is 1. The van der Waals surface area contributed by atoms with Crippen LogP contribution in [0.15, 0.2) is 60.7 Å². The van der Waals surface area contributed by atoms with Crippen LogP contribution in [0, 0.1) is 0 Å². The van der Waals surface area contributed by atoms with E-state index in [0.717, 1.165) is 11.8 Å². The van der Waals surface area contributed by atoms with E-state index < -0.39 is 12.6 Å². The largest absolute Gasteiger partial charge is 0.506 e. The molecule has 6 heteroatoms. The number of Topliss-reactive ketones (excluding diaryl/α,β-unsaturated/α-hetero) is 1. The molecule has 29 heavy (non-hydrogen) atoms. The van der Waals surface area contributed by atoms with Crippen molar-refractivity contribution < 1.29 is 24.2 Å². The van der Waals surface area contributed by atoms with Crippen molar-refractivity contribution in [3.05, 3.63) is 71.8 Å². The molecule has 0 saturated heterocycles. The molecule has 3 aromatic rings. The average Bonchev–Trinajstić information content (AvgIpc) is 2.73. The summed E-state index contributed by atoms with van der Waals surface area (Å²) in [6.45, 7) is 1.47. The molecule has 0 atom stereocenters. The molecule has 0 aliphatic heterocycles. The maximum Gasteiger partial charge on any atom is 0.342 e. The molecule has 2 N–H and O–H groups in total. The second-order valence-corrected chi connectivity index (χ2v) is 6.56. The highest BCUT2D eigenvalue weighted by Gasteiger charge is 2.17. The van der Waals surface area contributed by atoms with Crippen LogP contribution in [-0.4, -0.2) is 29.4 Å². The molecular weight excluding hydrogens is 370 g/mol.